The highest BCUT2D eigenvalue weighted by Gasteiger charge is 2.38. The highest BCUT2D eigenvalue weighted by atomic mass is 79.9. The molecule has 0 amide bonds. The smallest absolute Gasteiger partial charge is 0.192 e. The number of ether oxygens (including phenoxy) is 1. The third-order valence-electron chi connectivity index (χ3n) is 7.32. The van der Waals surface area contributed by atoms with Gasteiger partial charge in [0.2, 0.25) is 0 Å². The second-order valence-corrected chi connectivity index (χ2v) is 20.2. The van der Waals surface area contributed by atoms with Crippen molar-refractivity contribution in [2.75, 3.05) is 6.61 Å². The Morgan fingerprint density at radius 3 is 2.51 bits per heavy atom. The largest absolute Gasteiger partial charge is 0.361 e. The minimum absolute atomic E-state index is 0.122. The van der Waals surface area contributed by atoms with E-state index in [4.69, 9.17) is 9.72 Å². The van der Waals surface area contributed by atoms with Crippen LogP contribution in [0.4, 0.5) is 0 Å². The second-order valence-electron chi connectivity index (χ2n) is 11.7. The van der Waals surface area contributed by atoms with Crippen LogP contribution in [0.2, 0.25) is 25.7 Å². The fourth-order valence-corrected chi connectivity index (χ4v) is 8.36. The normalized spacial score (nSPS) is 13.1. The SMILES string of the molecule is Cc1ccc(S(=O)(=O)C(c2c(C)cc(Br)c3[nH]ccc23)c2nc3ccc(C#N)cc3n2COCC[Si](C)(C)C)cc1. The summed E-state index contributed by atoms with van der Waals surface area (Å²) < 4.78 is 38.3. The van der Waals surface area contributed by atoms with Crippen LogP contribution in [0.5, 0.6) is 0 Å². The minimum Gasteiger partial charge on any atom is -0.361 e. The predicted molar refractivity (Wildman–Crippen MR) is 169 cm³/mol. The Balaban J connectivity index is 1.79. The highest BCUT2D eigenvalue weighted by molar-refractivity contribution is 9.10. The van der Waals surface area contributed by atoms with Gasteiger partial charge in [-0.2, -0.15) is 5.26 Å². The number of aryl methyl sites for hydroxylation is 2. The van der Waals surface area contributed by atoms with Crippen molar-refractivity contribution in [1.29, 1.82) is 5.26 Å². The van der Waals surface area contributed by atoms with Gasteiger partial charge in [-0.15, -0.1) is 0 Å². The number of hydrogen-bond acceptors (Lipinski definition) is 5. The first-order chi connectivity index (χ1) is 19.4. The lowest BCUT2D eigenvalue weighted by Gasteiger charge is -2.23. The lowest BCUT2D eigenvalue weighted by Crippen LogP contribution is -2.24. The number of fused-ring (bicyclic) bond motifs is 2. The molecule has 5 aromatic rings. The zero-order valence-electron chi connectivity index (χ0n) is 23.8. The van der Waals surface area contributed by atoms with Gasteiger partial charge in [0.15, 0.2) is 9.84 Å². The third-order valence-corrected chi connectivity index (χ3v) is 11.7. The summed E-state index contributed by atoms with van der Waals surface area (Å²) in [5, 5.41) is 9.30. The average Bonchev–Trinajstić information content (AvgIpc) is 3.53. The number of nitriles is 1. The first kappa shape index (κ1) is 29.3. The molecule has 5 rings (SSSR count). The van der Waals surface area contributed by atoms with Crippen molar-refractivity contribution in [2.24, 2.45) is 0 Å². The van der Waals surface area contributed by atoms with E-state index in [9.17, 15) is 13.7 Å². The van der Waals surface area contributed by atoms with Crippen LogP contribution < -0.4 is 0 Å². The van der Waals surface area contributed by atoms with Crippen LogP contribution >= 0.6 is 15.9 Å². The number of aromatic amines is 1. The minimum atomic E-state index is -3.99. The topological polar surface area (TPSA) is 101 Å². The van der Waals surface area contributed by atoms with Crippen molar-refractivity contribution in [3.63, 3.8) is 0 Å². The maximum Gasteiger partial charge on any atom is 0.192 e. The molecule has 0 saturated carbocycles. The number of nitrogens with one attached hydrogen (secondary N) is 1. The zero-order chi connectivity index (χ0) is 29.5. The van der Waals surface area contributed by atoms with Gasteiger partial charge in [0.25, 0.3) is 0 Å². The van der Waals surface area contributed by atoms with Crippen molar-refractivity contribution in [2.45, 2.75) is 56.4 Å². The molecule has 0 aliphatic rings. The van der Waals surface area contributed by atoms with Gasteiger partial charge >= 0.3 is 0 Å². The van der Waals surface area contributed by atoms with Crippen molar-refractivity contribution < 1.29 is 13.2 Å². The first-order valence-corrected chi connectivity index (χ1v) is 19.5. The van der Waals surface area contributed by atoms with Gasteiger partial charge in [0.05, 0.1) is 33.1 Å². The second kappa shape index (κ2) is 11.2. The molecule has 2 heterocycles. The van der Waals surface area contributed by atoms with E-state index in [1.807, 2.05) is 48.9 Å². The number of rotatable bonds is 9. The molecule has 0 saturated heterocycles. The molecule has 212 valence electrons. The summed E-state index contributed by atoms with van der Waals surface area (Å²) in [6.45, 7) is 11.4. The van der Waals surface area contributed by atoms with E-state index < -0.39 is 23.2 Å². The van der Waals surface area contributed by atoms with Gasteiger partial charge in [0.1, 0.15) is 17.8 Å². The molecule has 0 spiro atoms. The number of imidazole rings is 1. The molecule has 0 bridgehead atoms. The molecule has 1 unspecified atom stereocenters. The van der Waals surface area contributed by atoms with E-state index in [0.717, 1.165) is 32.5 Å². The fraction of sp³-hybridized carbons (Fsp3) is 0.290. The number of halogens is 1. The zero-order valence-corrected chi connectivity index (χ0v) is 27.2. The van der Waals surface area contributed by atoms with Crippen molar-refractivity contribution >= 4 is 55.8 Å². The van der Waals surface area contributed by atoms with Gasteiger partial charge in [-0.3, -0.25) is 0 Å². The van der Waals surface area contributed by atoms with Crippen LogP contribution in [0.15, 0.2) is 70.2 Å². The highest BCUT2D eigenvalue weighted by Crippen LogP contribution is 2.42. The Kier molecular flexibility index (Phi) is 8.00. The molecular formula is C31H33BrN4O3SSi. The van der Waals surface area contributed by atoms with Gasteiger partial charge in [-0.1, -0.05) is 37.3 Å². The van der Waals surface area contributed by atoms with E-state index in [1.165, 1.54) is 0 Å². The lowest BCUT2D eigenvalue weighted by molar-refractivity contribution is 0.0880. The maximum absolute atomic E-state index is 14.7. The van der Waals surface area contributed by atoms with Crippen molar-refractivity contribution in [3.8, 4) is 6.07 Å². The van der Waals surface area contributed by atoms with Gasteiger partial charge in [-0.05, 0) is 89.4 Å². The molecule has 1 atom stereocenters. The molecular weight excluding hydrogens is 616 g/mol. The monoisotopic (exact) mass is 648 g/mol. The van der Waals surface area contributed by atoms with E-state index in [-0.39, 0.29) is 11.6 Å². The molecule has 0 fully saturated rings. The molecule has 0 aliphatic carbocycles. The van der Waals surface area contributed by atoms with Crippen LogP contribution in [-0.4, -0.2) is 37.6 Å². The van der Waals surface area contributed by atoms with E-state index in [1.54, 1.807) is 30.3 Å². The van der Waals surface area contributed by atoms with Crippen LogP contribution in [0.25, 0.3) is 21.9 Å². The number of H-pyrrole nitrogens is 1. The molecule has 3 aromatic carbocycles. The molecule has 0 radical (unpaired) electrons. The van der Waals surface area contributed by atoms with E-state index in [2.05, 4.69) is 46.6 Å². The van der Waals surface area contributed by atoms with Crippen molar-refractivity contribution in [3.05, 3.63) is 93.3 Å². The van der Waals surface area contributed by atoms with Crippen LogP contribution in [-0.2, 0) is 21.3 Å². The number of nitrogens with zero attached hydrogens (tertiary/aromatic N) is 3. The van der Waals surface area contributed by atoms with Crippen molar-refractivity contribution in [1.82, 2.24) is 14.5 Å². The first-order valence-electron chi connectivity index (χ1n) is 13.5. The van der Waals surface area contributed by atoms with Crippen LogP contribution in [0.1, 0.15) is 33.3 Å². The van der Waals surface area contributed by atoms with E-state index in [0.29, 0.717) is 34.6 Å². The van der Waals surface area contributed by atoms with E-state index >= 15 is 0 Å². The molecule has 10 heteroatoms. The third kappa shape index (κ3) is 5.77. The maximum atomic E-state index is 14.7. The lowest BCUT2D eigenvalue weighted by atomic mass is 10.0. The number of hydrogen-bond donors (Lipinski definition) is 1. The van der Waals surface area contributed by atoms with Crippen LogP contribution in [0.3, 0.4) is 0 Å². The number of benzene rings is 3. The molecule has 2 aromatic heterocycles. The summed E-state index contributed by atoms with van der Waals surface area (Å²) in [4.78, 5) is 8.40. The number of aromatic nitrogens is 3. The molecule has 7 nitrogen and oxygen atoms in total. The predicted octanol–water partition coefficient (Wildman–Crippen LogP) is 7.64. The average molecular weight is 650 g/mol. The standard InChI is InChI=1S/C31H33BrN4O3SSi/c1-20-6-9-23(10-7-20)40(37,38)30(28-21(2)16-25(32)29-24(28)12-13-34-29)31-35-26-11-8-22(18-33)17-27(26)36(31)19-39-14-15-41(3,4)5/h6-13,16-17,30,34H,14-15,19H2,1-5H3. The summed E-state index contributed by atoms with van der Waals surface area (Å²) in [6, 6.07) is 19.2. The summed E-state index contributed by atoms with van der Waals surface area (Å²) in [5.41, 5.74) is 5.01. The Morgan fingerprint density at radius 1 is 1.10 bits per heavy atom. The summed E-state index contributed by atoms with van der Waals surface area (Å²) in [6.07, 6.45) is 1.82. The fourth-order valence-electron chi connectivity index (χ4n) is 5.06. The quantitative estimate of drug-likeness (QED) is 0.131. The number of sulfone groups is 1. The summed E-state index contributed by atoms with van der Waals surface area (Å²) in [7, 11) is -5.34. The van der Waals surface area contributed by atoms with Gasteiger partial charge in [-0.25, -0.2) is 13.4 Å². The summed E-state index contributed by atoms with van der Waals surface area (Å²) in [5.74, 6) is 0.358. The summed E-state index contributed by atoms with van der Waals surface area (Å²) >= 11 is 3.64. The molecule has 0 aliphatic heterocycles. The Hall–Kier alpha value is -3.23. The van der Waals surface area contributed by atoms with Gasteiger partial charge in [0, 0.05) is 30.7 Å². The molecule has 41 heavy (non-hydrogen) atoms. The molecule has 1 N–H and O–H groups in total. The Labute approximate surface area is 250 Å². The Bertz CT molecular complexity index is 1900. The van der Waals surface area contributed by atoms with Crippen LogP contribution in [0, 0.1) is 25.2 Å². The Morgan fingerprint density at radius 2 is 1.83 bits per heavy atom. The van der Waals surface area contributed by atoms with Gasteiger partial charge < -0.3 is 14.3 Å².